The van der Waals surface area contributed by atoms with E-state index in [2.05, 4.69) is 30.8 Å². The Morgan fingerprint density at radius 3 is 2.18 bits per heavy atom. The average molecular weight is 401 g/mol. The molecule has 5 heteroatoms. The van der Waals surface area contributed by atoms with Gasteiger partial charge in [0.15, 0.2) is 0 Å². The molecule has 0 radical (unpaired) electrons. The molecule has 2 rings (SSSR count). The van der Waals surface area contributed by atoms with E-state index in [1.807, 2.05) is 58.0 Å². The number of carbonyl (C=O) groups excluding carboxylic acids is 2. The summed E-state index contributed by atoms with van der Waals surface area (Å²) in [6.45, 7) is 12.4. The maximum absolute atomic E-state index is 12.9. The quantitative estimate of drug-likeness (QED) is 0.541. The molecule has 0 bridgehead atoms. The number of anilines is 1. The van der Waals surface area contributed by atoms with E-state index in [-0.39, 0.29) is 24.1 Å². The van der Waals surface area contributed by atoms with E-state index in [0.29, 0.717) is 6.16 Å². The fourth-order valence-corrected chi connectivity index (χ4v) is 5.21. The van der Waals surface area contributed by atoms with E-state index >= 15 is 0 Å². The Hall–Kier alpha value is -2.19. The number of aryl methyl sites for hydroxylation is 3. The Labute approximate surface area is 169 Å². The van der Waals surface area contributed by atoms with Crippen molar-refractivity contribution in [1.82, 2.24) is 0 Å². The molecule has 0 aliphatic heterocycles. The second kappa shape index (κ2) is 9.34. The van der Waals surface area contributed by atoms with Crippen molar-refractivity contribution in [3.63, 3.8) is 0 Å². The summed E-state index contributed by atoms with van der Waals surface area (Å²) in [5.74, 6) is -0.259. The van der Waals surface area contributed by atoms with Gasteiger partial charge in [0.1, 0.15) is 0 Å². The molecule has 1 N–H and O–H groups in total. The summed E-state index contributed by atoms with van der Waals surface area (Å²) in [5.41, 5.74) is 4.92. The van der Waals surface area contributed by atoms with Crippen molar-refractivity contribution in [1.29, 1.82) is 0 Å². The van der Waals surface area contributed by atoms with Crippen LogP contribution in [0.3, 0.4) is 0 Å². The van der Waals surface area contributed by atoms with E-state index in [4.69, 9.17) is 4.74 Å². The van der Waals surface area contributed by atoms with Crippen LogP contribution in [0.5, 0.6) is 0 Å². The van der Waals surface area contributed by atoms with Crippen LogP contribution in [-0.4, -0.2) is 37.0 Å². The standard InChI is InChI=1S/C23H32NO3P/c1-16-12-17(2)22(18(3)13-16)24-23(26)19(4)28(5,6)15-21(25)27-14-20-10-8-7-9-11-20/h7-13,19,28H,14-15H2,1-6H3,(H,24,26). The molecule has 0 spiro atoms. The molecule has 2 aromatic rings. The molecule has 2 aromatic carbocycles. The van der Waals surface area contributed by atoms with E-state index in [9.17, 15) is 9.59 Å². The van der Waals surface area contributed by atoms with Gasteiger partial charge in [-0.15, -0.1) is 0 Å². The van der Waals surface area contributed by atoms with Crippen LogP contribution in [0, 0.1) is 20.8 Å². The Morgan fingerprint density at radius 1 is 1.04 bits per heavy atom. The fourth-order valence-electron chi connectivity index (χ4n) is 3.28. The van der Waals surface area contributed by atoms with Crippen molar-refractivity contribution in [3.8, 4) is 0 Å². The first-order chi connectivity index (χ1) is 13.1. The van der Waals surface area contributed by atoms with Gasteiger partial charge in [-0.1, -0.05) is 0 Å². The Bertz CT molecular complexity index is 823. The van der Waals surface area contributed by atoms with Crippen LogP contribution < -0.4 is 5.32 Å². The summed E-state index contributed by atoms with van der Waals surface area (Å²) in [5, 5.41) is 3.09. The second-order valence-corrected chi connectivity index (χ2v) is 13.5. The number of benzene rings is 2. The van der Waals surface area contributed by atoms with Crippen LogP contribution in [0.1, 0.15) is 29.2 Å². The zero-order valence-corrected chi connectivity index (χ0v) is 18.8. The molecule has 0 fully saturated rings. The first kappa shape index (κ1) is 22.1. The minimum absolute atomic E-state index is 0.0254. The van der Waals surface area contributed by atoms with Gasteiger partial charge in [0, 0.05) is 0 Å². The summed E-state index contributed by atoms with van der Waals surface area (Å²) in [7, 11) is -2.16. The molecule has 1 amide bonds. The molecule has 1 unspecified atom stereocenters. The minimum atomic E-state index is -2.16. The number of esters is 1. The predicted molar refractivity (Wildman–Crippen MR) is 120 cm³/mol. The van der Waals surface area contributed by atoms with E-state index in [1.165, 1.54) is 5.56 Å². The summed E-state index contributed by atoms with van der Waals surface area (Å²) in [6, 6.07) is 13.8. The van der Waals surface area contributed by atoms with E-state index < -0.39 is 7.26 Å². The first-order valence-corrected chi connectivity index (χ1v) is 13.0. The Balaban J connectivity index is 1.98. The number of rotatable bonds is 7. The predicted octanol–water partition coefficient (Wildman–Crippen LogP) is 4.69. The third-order valence-electron chi connectivity index (χ3n) is 5.33. The first-order valence-electron chi connectivity index (χ1n) is 9.68. The van der Waals surface area contributed by atoms with Crippen molar-refractivity contribution < 1.29 is 14.3 Å². The van der Waals surface area contributed by atoms with Gasteiger partial charge in [-0.2, -0.15) is 0 Å². The van der Waals surface area contributed by atoms with Gasteiger partial charge in [-0.3, -0.25) is 0 Å². The van der Waals surface area contributed by atoms with Gasteiger partial charge in [0.25, 0.3) is 0 Å². The second-order valence-electron chi connectivity index (χ2n) is 8.30. The van der Waals surface area contributed by atoms with Gasteiger partial charge in [-0.25, -0.2) is 0 Å². The molecular formula is C23H32NO3P. The summed E-state index contributed by atoms with van der Waals surface area (Å²) in [4.78, 5) is 25.2. The van der Waals surface area contributed by atoms with Crippen LogP contribution >= 0.6 is 7.26 Å². The van der Waals surface area contributed by atoms with Gasteiger partial charge in [-0.05, 0) is 0 Å². The van der Waals surface area contributed by atoms with Crippen molar-refractivity contribution in [2.45, 2.75) is 40.0 Å². The third kappa shape index (κ3) is 5.90. The molecule has 0 saturated heterocycles. The molecule has 0 aliphatic carbocycles. The molecule has 0 heterocycles. The van der Waals surface area contributed by atoms with Crippen LogP contribution in [0.15, 0.2) is 42.5 Å². The molecular weight excluding hydrogens is 369 g/mol. The van der Waals surface area contributed by atoms with Crippen LogP contribution in [0.25, 0.3) is 0 Å². The summed E-state index contributed by atoms with van der Waals surface area (Å²) in [6.07, 6.45) is 0.320. The molecule has 0 saturated carbocycles. The normalized spacial score (nSPS) is 12.9. The van der Waals surface area contributed by atoms with Gasteiger partial charge in [0.2, 0.25) is 0 Å². The van der Waals surface area contributed by atoms with Gasteiger partial charge in [0.05, 0.1) is 0 Å². The zero-order chi connectivity index (χ0) is 20.9. The summed E-state index contributed by atoms with van der Waals surface area (Å²) < 4.78 is 5.43. The van der Waals surface area contributed by atoms with Crippen LogP contribution in [-0.2, 0) is 20.9 Å². The molecule has 0 aliphatic rings. The molecule has 1 atom stereocenters. The average Bonchev–Trinajstić information content (AvgIpc) is 2.62. The number of ether oxygens (including phenoxy) is 1. The number of hydrogen-bond acceptors (Lipinski definition) is 3. The van der Waals surface area contributed by atoms with Crippen molar-refractivity contribution in [2.75, 3.05) is 24.8 Å². The Kier molecular flexibility index (Phi) is 7.37. The van der Waals surface area contributed by atoms with E-state index in [1.54, 1.807) is 0 Å². The number of nitrogens with one attached hydrogen (secondary N) is 1. The fraction of sp³-hybridized carbons (Fsp3) is 0.391. The van der Waals surface area contributed by atoms with Crippen molar-refractivity contribution >= 4 is 24.8 Å². The van der Waals surface area contributed by atoms with Crippen LogP contribution in [0.2, 0.25) is 0 Å². The topological polar surface area (TPSA) is 55.4 Å². The third-order valence-corrected chi connectivity index (χ3v) is 9.14. The molecule has 4 nitrogen and oxygen atoms in total. The number of carbonyl (C=O) groups is 2. The monoisotopic (exact) mass is 401 g/mol. The van der Waals surface area contributed by atoms with Crippen molar-refractivity contribution in [2.24, 2.45) is 0 Å². The number of hydrogen-bond donors (Lipinski definition) is 1. The Morgan fingerprint density at radius 2 is 1.61 bits per heavy atom. The SMILES string of the molecule is Cc1cc(C)c(NC(=O)C(C)[PH](C)(C)CC(=O)OCc2ccccc2)c(C)c1. The van der Waals surface area contributed by atoms with Crippen LogP contribution in [0.4, 0.5) is 5.69 Å². The summed E-state index contributed by atoms with van der Waals surface area (Å²) >= 11 is 0. The molecule has 0 aromatic heterocycles. The van der Waals surface area contributed by atoms with Gasteiger partial charge < -0.3 is 0 Å². The van der Waals surface area contributed by atoms with Gasteiger partial charge >= 0.3 is 169 Å². The zero-order valence-electron chi connectivity index (χ0n) is 17.8. The van der Waals surface area contributed by atoms with Crippen molar-refractivity contribution in [3.05, 3.63) is 64.7 Å². The molecule has 28 heavy (non-hydrogen) atoms. The molecule has 152 valence electrons. The van der Waals surface area contributed by atoms with E-state index in [0.717, 1.165) is 22.4 Å². The number of amides is 1. The maximum atomic E-state index is 12.9.